The fraction of sp³-hybridized carbons (Fsp3) is 0.364. The van der Waals surface area contributed by atoms with Crippen LogP contribution in [-0.4, -0.2) is 19.1 Å². The summed E-state index contributed by atoms with van der Waals surface area (Å²) in [6.45, 7) is 0.620. The maximum Gasteiger partial charge on any atom is 0.323 e. The molecule has 15 heavy (non-hydrogen) atoms. The first-order chi connectivity index (χ1) is 7.22. The number of ether oxygens (including phenoxy) is 1. The number of carbonyl (C=O) groups excluding carboxylic acids is 1. The van der Waals surface area contributed by atoms with E-state index in [-0.39, 0.29) is 12.0 Å². The van der Waals surface area contributed by atoms with Gasteiger partial charge in [0, 0.05) is 11.6 Å². The Balaban J connectivity index is 2.24. The van der Waals surface area contributed by atoms with Gasteiger partial charge in [0.25, 0.3) is 0 Å². The van der Waals surface area contributed by atoms with Crippen LogP contribution in [0.2, 0.25) is 5.02 Å². The summed E-state index contributed by atoms with van der Waals surface area (Å²) in [5.41, 5.74) is 2.20. The van der Waals surface area contributed by atoms with Crippen molar-refractivity contribution in [1.82, 2.24) is 5.32 Å². The Bertz CT molecular complexity index is 392. The van der Waals surface area contributed by atoms with Gasteiger partial charge in [-0.15, -0.1) is 0 Å². The van der Waals surface area contributed by atoms with Crippen molar-refractivity contribution < 1.29 is 9.53 Å². The molecule has 1 aromatic rings. The molecule has 0 radical (unpaired) electrons. The fourth-order valence-corrected chi connectivity index (χ4v) is 2.08. The van der Waals surface area contributed by atoms with Gasteiger partial charge in [-0.05, 0) is 23.6 Å². The maximum atomic E-state index is 11.3. The number of esters is 1. The number of fused-ring (bicyclic) bond motifs is 1. The van der Waals surface area contributed by atoms with Crippen LogP contribution in [0.15, 0.2) is 18.2 Å². The van der Waals surface area contributed by atoms with Crippen LogP contribution >= 0.6 is 11.6 Å². The summed E-state index contributed by atoms with van der Waals surface area (Å²) in [7, 11) is 1.40. The Morgan fingerprint density at radius 3 is 3.13 bits per heavy atom. The van der Waals surface area contributed by atoms with Crippen molar-refractivity contribution in [2.45, 2.75) is 19.0 Å². The third-order valence-electron chi connectivity index (χ3n) is 2.65. The van der Waals surface area contributed by atoms with E-state index >= 15 is 0 Å². The first kappa shape index (κ1) is 10.5. The number of rotatable bonds is 1. The lowest BCUT2D eigenvalue weighted by Crippen LogP contribution is -2.42. The zero-order valence-corrected chi connectivity index (χ0v) is 9.17. The lowest BCUT2D eigenvalue weighted by Gasteiger charge is -2.24. The van der Waals surface area contributed by atoms with Crippen molar-refractivity contribution in [3.05, 3.63) is 34.3 Å². The highest BCUT2D eigenvalue weighted by Gasteiger charge is 2.25. The SMILES string of the molecule is COC(=O)[C@@H]1Cc2cccc(Cl)c2CN1. The van der Waals surface area contributed by atoms with Gasteiger partial charge in [-0.25, -0.2) is 0 Å². The molecule has 1 N–H and O–H groups in total. The number of hydrogen-bond donors (Lipinski definition) is 1. The fourth-order valence-electron chi connectivity index (χ4n) is 1.82. The van der Waals surface area contributed by atoms with Crippen LogP contribution in [0.25, 0.3) is 0 Å². The van der Waals surface area contributed by atoms with Gasteiger partial charge in [-0.3, -0.25) is 10.1 Å². The minimum absolute atomic E-state index is 0.222. The van der Waals surface area contributed by atoms with Crippen molar-refractivity contribution in [2.75, 3.05) is 7.11 Å². The van der Waals surface area contributed by atoms with Crippen molar-refractivity contribution >= 4 is 17.6 Å². The summed E-state index contributed by atoms with van der Waals surface area (Å²) < 4.78 is 4.70. The van der Waals surface area contributed by atoms with Crippen LogP contribution in [0.1, 0.15) is 11.1 Å². The molecule has 0 aromatic heterocycles. The van der Waals surface area contributed by atoms with Gasteiger partial charge in [-0.1, -0.05) is 23.7 Å². The van der Waals surface area contributed by atoms with Gasteiger partial charge in [0.05, 0.1) is 7.11 Å². The van der Waals surface area contributed by atoms with E-state index in [9.17, 15) is 4.79 Å². The van der Waals surface area contributed by atoms with Crippen LogP contribution in [0.3, 0.4) is 0 Å². The van der Waals surface area contributed by atoms with Gasteiger partial charge in [-0.2, -0.15) is 0 Å². The number of nitrogens with one attached hydrogen (secondary N) is 1. The van der Waals surface area contributed by atoms with E-state index in [1.165, 1.54) is 7.11 Å². The van der Waals surface area contributed by atoms with E-state index < -0.39 is 0 Å². The molecular weight excluding hydrogens is 214 g/mol. The molecule has 0 fully saturated rings. The van der Waals surface area contributed by atoms with Crippen molar-refractivity contribution in [3.8, 4) is 0 Å². The lowest BCUT2D eigenvalue weighted by molar-refractivity contribution is -0.143. The highest BCUT2D eigenvalue weighted by Crippen LogP contribution is 2.24. The summed E-state index contributed by atoms with van der Waals surface area (Å²) in [5.74, 6) is -0.222. The summed E-state index contributed by atoms with van der Waals surface area (Å²) in [4.78, 5) is 11.3. The number of carbonyl (C=O) groups is 1. The Morgan fingerprint density at radius 1 is 1.60 bits per heavy atom. The Labute approximate surface area is 93.4 Å². The minimum atomic E-state index is -0.249. The standard InChI is InChI=1S/C11H12ClNO2/c1-15-11(14)10-5-7-3-2-4-9(12)8(7)6-13-10/h2-4,10,13H,5-6H2,1H3/t10-/m0/s1. The first-order valence-corrected chi connectivity index (χ1v) is 5.17. The van der Waals surface area contributed by atoms with Gasteiger partial charge in [0.15, 0.2) is 0 Å². The maximum absolute atomic E-state index is 11.3. The predicted octanol–water partition coefficient (Wildman–Crippen LogP) is 1.53. The molecule has 0 saturated carbocycles. The molecule has 0 bridgehead atoms. The Kier molecular flexibility index (Phi) is 2.93. The number of benzene rings is 1. The summed E-state index contributed by atoms with van der Waals surface area (Å²) in [6.07, 6.45) is 0.641. The molecule has 4 heteroatoms. The van der Waals surface area contributed by atoms with Crippen LogP contribution in [0, 0.1) is 0 Å². The molecule has 0 saturated heterocycles. The molecule has 0 amide bonds. The lowest BCUT2D eigenvalue weighted by atomic mass is 9.96. The van der Waals surface area contributed by atoms with Gasteiger partial charge in [0.2, 0.25) is 0 Å². The van der Waals surface area contributed by atoms with Crippen LogP contribution < -0.4 is 5.32 Å². The third-order valence-corrected chi connectivity index (χ3v) is 3.00. The molecule has 1 aromatic carbocycles. The molecule has 80 valence electrons. The smallest absolute Gasteiger partial charge is 0.323 e. The molecule has 2 rings (SSSR count). The first-order valence-electron chi connectivity index (χ1n) is 4.80. The summed E-state index contributed by atoms with van der Waals surface area (Å²) in [6, 6.07) is 5.51. The summed E-state index contributed by atoms with van der Waals surface area (Å²) in [5, 5.41) is 3.86. The van der Waals surface area contributed by atoms with E-state index in [0.717, 1.165) is 16.1 Å². The zero-order valence-electron chi connectivity index (χ0n) is 8.42. The van der Waals surface area contributed by atoms with E-state index in [2.05, 4.69) is 5.32 Å². The molecule has 1 aliphatic rings. The second-order valence-electron chi connectivity index (χ2n) is 3.54. The number of methoxy groups -OCH3 is 1. The molecule has 1 atom stereocenters. The predicted molar refractivity (Wildman–Crippen MR) is 57.8 cm³/mol. The van der Waals surface area contributed by atoms with Gasteiger partial charge in [0.1, 0.15) is 6.04 Å². The molecule has 1 heterocycles. The highest BCUT2D eigenvalue weighted by atomic mass is 35.5. The Hall–Kier alpha value is -1.06. The van der Waals surface area contributed by atoms with Crippen molar-refractivity contribution in [3.63, 3.8) is 0 Å². The van der Waals surface area contributed by atoms with E-state index in [4.69, 9.17) is 16.3 Å². The summed E-state index contributed by atoms with van der Waals surface area (Å²) >= 11 is 6.05. The normalized spacial score (nSPS) is 19.5. The molecule has 0 spiro atoms. The van der Waals surface area contributed by atoms with Crippen LogP contribution in [0.4, 0.5) is 0 Å². The number of halogens is 1. The molecular formula is C11H12ClNO2. The molecule has 1 aliphatic heterocycles. The second-order valence-corrected chi connectivity index (χ2v) is 3.95. The van der Waals surface area contributed by atoms with Crippen molar-refractivity contribution in [1.29, 1.82) is 0 Å². The molecule has 0 aliphatic carbocycles. The van der Waals surface area contributed by atoms with E-state index in [0.29, 0.717) is 13.0 Å². The van der Waals surface area contributed by atoms with E-state index in [1.807, 2.05) is 18.2 Å². The molecule has 3 nitrogen and oxygen atoms in total. The Morgan fingerprint density at radius 2 is 2.40 bits per heavy atom. The van der Waals surface area contributed by atoms with Crippen LogP contribution in [-0.2, 0) is 22.5 Å². The topological polar surface area (TPSA) is 38.3 Å². The number of hydrogen-bond acceptors (Lipinski definition) is 3. The zero-order chi connectivity index (χ0) is 10.8. The van der Waals surface area contributed by atoms with E-state index in [1.54, 1.807) is 0 Å². The minimum Gasteiger partial charge on any atom is -0.468 e. The van der Waals surface area contributed by atoms with Gasteiger partial charge >= 0.3 is 5.97 Å². The van der Waals surface area contributed by atoms with Crippen LogP contribution in [0.5, 0.6) is 0 Å². The average molecular weight is 226 g/mol. The molecule has 0 unspecified atom stereocenters. The second kappa shape index (κ2) is 4.21. The quantitative estimate of drug-likeness (QED) is 0.737. The van der Waals surface area contributed by atoms with Gasteiger partial charge < -0.3 is 4.74 Å². The van der Waals surface area contributed by atoms with Crippen molar-refractivity contribution in [2.24, 2.45) is 0 Å². The highest BCUT2D eigenvalue weighted by molar-refractivity contribution is 6.31. The average Bonchev–Trinajstić information content (AvgIpc) is 2.28. The monoisotopic (exact) mass is 225 g/mol. The largest absolute Gasteiger partial charge is 0.468 e. The third kappa shape index (κ3) is 1.98.